The molecular formula is C24H24N2O3. The van der Waals surface area contributed by atoms with Crippen molar-refractivity contribution in [3.05, 3.63) is 89.0 Å². The Labute approximate surface area is 170 Å². The fourth-order valence-corrected chi connectivity index (χ4v) is 2.95. The Morgan fingerprint density at radius 3 is 2.28 bits per heavy atom. The van der Waals surface area contributed by atoms with Gasteiger partial charge in [0.25, 0.3) is 5.91 Å². The third kappa shape index (κ3) is 5.23. The Morgan fingerprint density at radius 1 is 0.862 bits per heavy atom. The van der Waals surface area contributed by atoms with E-state index in [-0.39, 0.29) is 11.8 Å². The molecule has 3 aromatic carbocycles. The van der Waals surface area contributed by atoms with Gasteiger partial charge in [-0.3, -0.25) is 9.59 Å². The van der Waals surface area contributed by atoms with Gasteiger partial charge in [0, 0.05) is 11.3 Å². The van der Waals surface area contributed by atoms with Gasteiger partial charge in [-0.05, 0) is 66.9 Å². The van der Waals surface area contributed by atoms with Crippen molar-refractivity contribution in [2.45, 2.75) is 20.3 Å². The Morgan fingerprint density at radius 2 is 1.59 bits per heavy atom. The Balaban J connectivity index is 1.61. The van der Waals surface area contributed by atoms with Crippen molar-refractivity contribution in [2.75, 3.05) is 17.7 Å². The van der Waals surface area contributed by atoms with Crippen molar-refractivity contribution in [2.24, 2.45) is 0 Å². The molecule has 5 nitrogen and oxygen atoms in total. The molecule has 0 bridgehead atoms. The summed E-state index contributed by atoms with van der Waals surface area (Å²) in [6.07, 6.45) is 0.303. The summed E-state index contributed by atoms with van der Waals surface area (Å²) in [7, 11) is 1.56. The van der Waals surface area contributed by atoms with Crippen molar-refractivity contribution in [3.63, 3.8) is 0 Å². The number of amides is 2. The molecule has 0 aliphatic carbocycles. The second-order valence-electron chi connectivity index (χ2n) is 6.88. The maximum absolute atomic E-state index is 12.5. The van der Waals surface area contributed by atoms with Crippen LogP contribution < -0.4 is 15.4 Å². The molecule has 0 unspecified atom stereocenters. The molecule has 0 spiro atoms. The molecule has 0 radical (unpaired) electrons. The van der Waals surface area contributed by atoms with Gasteiger partial charge in [0.15, 0.2) is 0 Å². The third-order valence-corrected chi connectivity index (χ3v) is 4.72. The fourth-order valence-electron chi connectivity index (χ4n) is 2.95. The average Bonchev–Trinajstić information content (AvgIpc) is 2.71. The second-order valence-corrected chi connectivity index (χ2v) is 6.88. The predicted molar refractivity (Wildman–Crippen MR) is 116 cm³/mol. The largest absolute Gasteiger partial charge is 0.495 e. The first-order valence-corrected chi connectivity index (χ1v) is 9.36. The molecule has 5 heteroatoms. The van der Waals surface area contributed by atoms with E-state index in [1.165, 1.54) is 11.1 Å². The number of hydrogen-bond donors (Lipinski definition) is 2. The summed E-state index contributed by atoms with van der Waals surface area (Å²) < 4.78 is 5.25. The van der Waals surface area contributed by atoms with Gasteiger partial charge < -0.3 is 15.4 Å². The number of ether oxygens (including phenoxy) is 1. The lowest BCUT2D eigenvalue weighted by Crippen LogP contribution is -2.15. The Hall–Kier alpha value is -3.60. The number of anilines is 2. The molecule has 0 aliphatic heterocycles. The van der Waals surface area contributed by atoms with Crippen molar-refractivity contribution in [1.82, 2.24) is 0 Å². The van der Waals surface area contributed by atoms with Crippen LogP contribution in [0.2, 0.25) is 0 Å². The van der Waals surface area contributed by atoms with Crippen LogP contribution in [-0.2, 0) is 11.2 Å². The maximum Gasteiger partial charge on any atom is 0.255 e. The van der Waals surface area contributed by atoms with Crippen LogP contribution >= 0.6 is 0 Å². The zero-order valence-electron chi connectivity index (χ0n) is 16.8. The van der Waals surface area contributed by atoms with E-state index in [0.717, 1.165) is 5.56 Å². The smallest absolute Gasteiger partial charge is 0.255 e. The zero-order chi connectivity index (χ0) is 20.8. The molecule has 0 saturated heterocycles. The highest BCUT2D eigenvalue weighted by atomic mass is 16.5. The first-order valence-electron chi connectivity index (χ1n) is 9.36. The molecule has 0 saturated carbocycles. The summed E-state index contributed by atoms with van der Waals surface area (Å²) in [5.41, 5.74) is 5.08. The average molecular weight is 388 g/mol. The van der Waals surface area contributed by atoms with E-state index in [1.807, 2.05) is 44.2 Å². The highest BCUT2D eigenvalue weighted by molar-refractivity contribution is 6.05. The highest BCUT2D eigenvalue weighted by Gasteiger charge is 2.10. The van der Waals surface area contributed by atoms with Gasteiger partial charge in [-0.2, -0.15) is 0 Å². The molecule has 0 fully saturated rings. The summed E-state index contributed by atoms with van der Waals surface area (Å²) in [6, 6.07) is 20.0. The van der Waals surface area contributed by atoms with Crippen LogP contribution in [0, 0.1) is 13.8 Å². The van der Waals surface area contributed by atoms with Crippen LogP contribution in [-0.4, -0.2) is 18.9 Å². The SMILES string of the molecule is COc1ccccc1NC(=O)c1ccc(NC(=O)Cc2ccc(C)c(C)c2)cc1. The molecule has 148 valence electrons. The zero-order valence-corrected chi connectivity index (χ0v) is 16.8. The minimum absolute atomic E-state index is 0.0977. The monoisotopic (exact) mass is 388 g/mol. The Kier molecular flexibility index (Phi) is 6.29. The van der Waals surface area contributed by atoms with Crippen LogP contribution in [0.5, 0.6) is 5.75 Å². The van der Waals surface area contributed by atoms with E-state index >= 15 is 0 Å². The van der Waals surface area contributed by atoms with Crippen molar-refractivity contribution in [3.8, 4) is 5.75 Å². The van der Waals surface area contributed by atoms with Crippen LogP contribution in [0.25, 0.3) is 0 Å². The van der Waals surface area contributed by atoms with Crippen LogP contribution in [0.3, 0.4) is 0 Å². The number of rotatable bonds is 6. The van der Waals surface area contributed by atoms with E-state index in [1.54, 1.807) is 43.5 Å². The molecule has 2 N–H and O–H groups in total. The fraction of sp³-hybridized carbons (Fsp3) is 0.167. The molecule has 2 amide bonds. The number of carbonyl (C=O) groups excluding carboxylic acids is 2. The lowest BCUT2D eigenvalue weighted by atomic mass is 10.0. The highest BCUT2D eigenvalue weighted by Crippen LogP contribution is 2.24. The summed E-state index contributed by atoms with van der Waals surface area (Å²) >= 11 is 0. The minimum Gasteiger partial charge on any atom is -0.495 e. The van der Waals surface area contributed by atoms with Gasteiger partial charge in [-0.1, -0.05) is 30.3 Å². The van der Waals surface area contributed by atoms with Gasteiger partial charge >= 0.3 is 0 Å². The van der Waals surface area contributed by atoms with Crippen LogP contribution in [0.15, 0.2) is 66.7 Å². The molecule has 0 aliphatic rings. The number of nitrogens with one attached hydrogen (secondary N) is 2. The van der Waals surface area contributed by atoms with Crippen LogP contribution in [0.1, 0.15) is 27.0 Å². The first-order chi connectivity index (χ1) is 14.0. The molecule has 0 heterocycles. The molecule has 29 heavy (non-hydrogen) atoms. The maximum atomic E-state index is 12.5. The first kappa shape index (κ1) is 20.1. The lowest BCUT2D eigenvalue weighted by Gasteiger charge is -2.10. The van der Waals surface area contributed by atoms with Gasteiger partial charge in [0.1, 0.15) is 5.75 Å². The number of para-hydroxylation sites is 2. The predicted octanol–water partition coefficient (Wildman–Crippen LogP) is 4.75. The third-order valence-electron chi connectivity index (χ3n) is 4.72. The number of aryl methyl sites for hydroxylation is 2. The minimum atomic E-state index is -0.248. The van der Waals surface area contributed by atoms with Gasteiger partial charge in [-0.15, -0.1) is 0 Å². The van der Waals surface area contributed by atoms with Crippen molar-refractivity contribution >= 4 is 23.2 Å². The number of methoxy groups -OCH3 is 1. The molecule has 0 atom stereocenters. The summed E-state index contributed by atoms with van der Waals surface area (Å²) in [5, 5.41) is 5.70. The van der Waals surface area contributed by atoms with E-state index in [2.05, 4.69) is 10.6 Å². The molecule has 0 aromatic heterocycles. The van der Waals surface area contributed by atoms with E-state index in [9.17, 15) is 9.59 Å². The standard InChI is InChI=1S/C24H24N2O3/c1-16-8-9-18(14-17(16)2)15-23(27)25-20-12-10-19(11-13-20)24(28)26-21-6-4-5-7-22(21)29-3/h4-14H,15H2,1-3H3,(H,25,27)(H,26,28). The molecule has 3 aromatic rings. The van der Waals surface area contributed by atoms with Gasteiger partial charge in [0.2, 0.25) is 5.91 Å². The van der Waals surface area contributed by atoms with Gasteiger partial charge in [0.05, 0.1) is 19.2 Å². The number of hydrogen-bond acceptors (Lipinski definition) is 3. The topological polar surface area (TPSA) is 67.4 Å². The van der Waals surface area contributed by atoms with Crippen LogP contribution in [0.4, 0.5) is 11.4 Å². The second kappa shape index (κ2) is 9.06. The number of benzene rings is 3. The van der Waals surface area contributed by atoms with E-state index < -0.39 is 0 Å². The quantitative estimate of drug-likeness (QED) is 0.641. The normalized spacial score (nSPS) is 10.3. The van der Waals surface area contributed by atoms with Gasteiger partial charge in [-0.25, -0.2) is 0 Å². The lowest BCUT2D eigenvalue weighted by molar-refractivity contribution is -0.115. The number of carbonyl (C=O) groups is 2. The summed E-state index contributed by atoms with van der Waals surface area (Å²) in [6.45, 7) is 4.08. The molecule has 3 rings (SSSR count). The van der Waals surface area contributed by atoms with E-state index in [0.29, 0.717) is 29.1 Å². The molecular weight excluding hydrogens is 364 g/mol. The summed E-state index contributed by atoms with van der Waals surface area (Å²) in [5.74, 6) is 0.248. The summed E-state index contributed by atoms with van der Waals surface area (Å²) in [4.78, 5) is 24.8. The Bertz CT molecular complexity index is 1030. The van der Waals surface area contributed by atoms with Crippen molar-refractivity contribution in [1.29, 1.82) is 0 Å². The van der Waals surface area contributed by atoms with E-state index in [4.69, 9.17) is 4.74 Å². The van der Waals surface area contributed by atoms with Crippen molar-refractivity contribution < 1.29 is 14.3 Å².